The standard InChI is InChI=1S/C12H14ClFN4O/c1-6(11(19)17(2)3)18-10-5-8(14)7(13)4-9(10)16-12(18)15/h4-6H,1-3H3,(H2,15,16). The van der Waals surface area contributed by atoms with E-state index in [1.165, 1.54) is 21.6 Å². The number of carbonyl (C=O) groups excluding carboxylic acids is 1. The van der Waals surface area contributed by atoms with Crippen LogP contribution >= 0.6 is 11.6 Å². The van der Waals surface area contributed by atoms with E-state index < -0.39 is 11.9 Å². The molecule has 0 aliphatic rings. The molecule has 0 spiro atoms. The molecular weight excluding hydrogens is 271 g/mol. The highest BCUT2D eigenvalue weighted by Gasteiger charge is 2.22. The Hall–Kier alpha value is -1.82. The molecule has 0 saturated carbocycles. The minimum atomic E-state index is -0.570. The van der Waals surface area contributed by atoms with Crippen LogP contribution in [0.15, 0.2) is 12.1 Å². The van der Waals surface area contributed by atoms with Crippen molar-refractivity contribution in [3.8, 4) is 0 Å². The zero-order valence-electron chi connectivity index (χ0n) is 10.8. The van der Waals surface area contributed by atoms with Crippen molar-refractivity contribution >= 4 is 34.5 Å². The van der Waals surface area contributed by atoms with Crippen LogP contribution in [0.2, 0.25) is 5.02 Å². The second-order valence-electron chi connectivity index (χ2n) is 4.50. The van der Waals surface area contributed by atoms with Crippen LogP contribution in [0.3, 0.4) is 0 Å². The van der Waals surface area contributed by atoms with Crippen LogP contribution in [-0.2, 0) is 4.79 Å². The van der Waals surface area contributed by atoms with Gasteiger partial charge in [0.05, 0.1) is 16.1 Å². The molecule has 0 bridgehead atoms. The number of carbonyl (C=O) groups is 1. The first-order valence-corrected chi connectivity index (χ1v) is 6.04. The Morgan fingerprint density at radius 1 is 1.53 bits per heavy atom. The van der Waals surface area contributed by atoms with Gasteiger partial charge in [0.25, 0.3) is 0 Å². The number of likely N-dealkylation sites (N-methyl/N-ethyl adjacent to an activating group) is 1. The lowest BCUT2D eigenvalue weighted by Gasteiger charge is -2.19. The van der Waals surface area contributed by atoms with E-state index in [-0.39, 0.29) is 16.9 Å². The lowest BCUT2D eigenvalue weighted by atomic mass is 10.2. The molecule has 0 aliphatic heterocycles. The van der Waals surface area contributed by atoms with Gasteiger partial charge in [0, 0.05) is 20.2 Å². The van der Waals surface area contributed by atoms with E-state index in [1.54, 1.807) is 21.0 Å². The van der Waals surface area contributed by atoms with Crippen molar-refractivity contribution in [2.45, 2.75) is 13.0 Å². The Morgan fingerprint density at radius 3 is 2.74 bits per heavy atom. The SMILES string of the molecule is CC(C(=O)N(C)C)n1c(N)nc2cc(Cl)c(F)cc21. The minimum absolute atomic E-state index is 0.0243. The van der Waals surface area contributed by atoms with Crippen molar-refractivity contribution in [3.05, 3.63) is 23.0 Å². The summed E-state index contributed by atoms with van der Waals surface area (Å²) in [6.45, 7) is 1.69. The van der Waals surface area contributed by atoms with Crippen molar-refractivity contribution in [2.75, 3.05) is 19.8 Å². The van der Waals surface area contributed by atoms with Gasteiger partial charge in [-0.1, -0.05) is 11.6 Å². The fourth-order valence-corrected chi connectivity index (χ4v) is 2.16. The van der Waals surface area contributed by atoms with E-state index in [4.69, 9.17) is 17.3 Å². The maximum absolute atomic E-state index is 13.6. The molecule has 0 radical (unpaired) electrons. The van der Waals surface area contributed by atoms with Gasteiger partial charge in [0.1, 0.15) is 11.9 Å². The van der Waals surface area contributed by atoms with Crippen LogP contribution in [0.4, 0.5) is 10.3 Å². The molecule has 2 rings (SSSR count). The molecule has 1 aromatic carbocycles. The van der Waals surface area contributed by atoms with E-state index in [2.05, 4.69) is 4.98 Å². The molecule has 102 valence electrons. The van der Waals surface area contributed by atoms with Crippen LogP contribution in [0.1, 0.15) is 13.0 Å². The lowest BCUT2D eigenvalue weighted by Crippen LogP contribution is -2.30. The molecule has 1 atom stereocenters. The normalized spacial score (nSPS) is 12.7. The number of nitrogens with two attached hydrogens (primary N) is 1. The van der Waals surface area contributed by atoms with Crippen LogP contribution in [-0.4, -0.2) is 34.5 Å². The Labute approximate surface area is 114 Å². The van der Waals surface area contributed by atoms with Crippen LogP contribution in [0.25, 0.3) is 11.0 Å². The summed E-state index contributed by atoms with van der Waals surface area (Å²) in [7, 11) is 3.29. The third-order valence-electron chi connectivity index (χ3n) is 2.94. The Morgan fingerprint density at radius 2 is 2.16 bits per heavy atom. The number of anilines is 1. The summed E-state index contributed by atoms with van der Waals surface area (Å²) in [5.74, 6) is -0.569. The Kier molecular flexibility index (Phi) is 3.36. The summed E-state index contributed by atoms with van der Waals surface area (Å²) >= 11 is 5.70. The van der Waals surface area contributed by atoms with Gasteiger partial charge >= 0.3 is 0 Å². The van der Waals surface area contributed by atoms with E-state index in [9.17, 15) is 9.18 Å². The highest BCUT2D eigenvalue weighted by molar-refractivity contribution is 6.31. The minimum Gasteiger partial charge on any atom is -0.369 e. The zero-order chi connectivity index (χ0) is 14.3. The van der Waals surface area contributed by atoms with Crippen molar-refractivity contribution < 1.29 is 9.18 Å². The average Bonchev–Trinajstić information content (AvgIpc) is 2.63. The maximum atomic E-state index is 13.6. The quantitative estimate of drug-likeness (QED) is 0.918. The van der Waals surface area contributed by atoms with Gasteiger partial charge in [-0.15, -0.1) is 0 Å². The van der Waals surface area contributed by atoms with Crippen molar-refractivity contribution in [1.82, 2.24) is 14.5 Å². The van der Waals surface area contributed by atoms with Crippen LogP contribution in [0, 0.1) is 5.82 Å². The Bertz CT molecular complexity index is 653. The summed E-state index contributed by atoms with van der Waals surface area (Å²) in [4.78, 5) is 17.5. The summed E-state index contributed by atoms with van der Waals surface area (Å²) in [6, 6.07) is 2.06. The number of nitrogen functional groups attached to an aromatic ring is 1. The number of nitrogens with zero attached hydrogens (tertiary/aromatic N) is 3. The summed E-state index contributed by atoms with van der Waals surface area (Å²) < 4.78 is 15.0. The van der Waals surface area contributed by atoms with Gasteiger partial charge in [-0.25, -0.2) is 9.37 Å². The van der Waals surface area contributed by atoms with Gasteiger partial charge in [0.2, 0.25) is 11.9 Å². The zero-order valence-corrected chi connectivity index (χ0v) is 11.6. The first kappa shape index (κ1) is 13.6. The average molecular weight is 285 g/mol. The van der Waals surface area contributed by atoms with Crippen molar-refractivity contribution in [1.29, 1.82) is 0 Å². The molecular formula is C12H14ClFN4O. The van der Waals surface area contributed by atoms with Crippen LogP contribution in [0.5, 0.6) is 0 Å². The first-order valence-electron chi connectivity index (χ1n) is 5.66. The molecule has 0 fully saturated rings. The number of rotatable bonds is 2. The van der Waals surface area contributed by atoms with Crippen LogP contribution < -0.4 is 5.73 Å². The molecule has 2 N–H and O–H groups in total. The van der Waals surface area contributed by atoms with Gasteiger partial charge in [-0.05, 0) is 13.0 Å². The number of amides is 1. The summed E-state index contributed by atoms with van der Waals surface area (Å²) in [5, 5.41) is -0.0243. The third kappa shape index (κ3) is 2.23. The second kappa shape index (κ2) is 4.70. The number of hydrogen-bond acceptors (Lipinski definition) is 3. The third-order valence-corrected chi connectivity index (χ3v) is 3.23. The number of benzene rings is 1. The molecule has 2 aromatic rings. The number of halogens is 2. The van der Waals surface area contributed by atoms with E-state index in [0.29, 0.717) is 11.0 Å². The number of aromatic nitrogens is 2. The topological polar surface area (TPSA) is 64.2 Å². The molecule has 0 saturated heterocycles. The van der Waals surface area contributed by atoms with Crippen molar-refractivity contribution in [2.24, 2.45) is 0 Å². The summed E-state index contributed by atoms with van der Waals surface area (Å²) in [6.07, 6.45) is 0. The fraction of sp³-hybridized carbons (Fsp3) is 0.333. The van der Waals surface area contributed by atoms with E-state index in [1.807, 2.05) is 0 Å². The smallest absolute Gasteiger partial charge is 0.244 e. The number of imidazole rings is 1. The van der Waals surface area contributed by atoms with Gasteiger partial charge in [-0.2, -0.15) is 0 Å². The lowest BCUT2D eigenvalue weighted by molar-refractivity contribution is -0.131. The predicted octanol–water partition coefficient (Wildman–Crippen LogP) is 2.06. The van der Waals surface area contributed by atoms with Gasteiger partial charge in [-0.3, -0.25) is 9.36 Å². The molecule has 1 aromatic heterocycles. The fourth-order valence-electron chi connectivity index (χ4n) is 2.00. The largest absolute Gasteiger partial charge is 0.369 e. The molecule has 0 aliphatic carbocycles. The second-order valence-corrected chi connectivity index (χ2v) is 4.91. The van der Waals surface area contributed by atoms with E-state index >= 15 is 0 Å². The first-order chi connectivity index (χ1) is 8.82. The van der Waals surface area contributed by atoms with E-state index in [0.717, 1.165) is 0 Å². The highest BCUT2D eigenvalue weighted by Crippen LogP contribution is 2.27. The molecule has 1 heterocycles. The predicted molar refractivity (Wildman–Crippen MR) is 72.5 cm³/mol. The monoisotopic (exact) mass is 284 g/mol. The highest BCUT2D eigenvalue weighted by atomic mass is 35.5. The molecule has 7 heteroatoms. The number of hydrogen-bond donors (Lipinski definition) is 1. The maximum Gasteiger partial charge on any atom is 0.244 e. The van der Waals surface area contributed by atoms with Gasteiger partial charge in [0.15, 0.2) is 0 Å². The van der Waals surface area contributed by atoms with Gasteiger partial charge < -0.3 is 10.6 Å². The molecule has 19 heavy (non-hydrogen) atoms. The Balaban J connectivity index is 2.63. The number of fused-ring (bicyclic) bond motifs is 1. The molecule has 1 unspecified atom stereocenters. The van der Waals surface area contributed by atoms with Crippen molar-refractivity contribution in [3.63, 3.8) is 0 Å². The summed E-state index contributed by atoms with van der Waals surface area (Å²) in [5.41, 5.74) is 6.71. The molecule has 1 amide bonds. The molecule has 5 nitrogen and oxygen atoms in total.